The van der Waals surface area contributed by atoms with E-state index in [2.05, 4.69) is 0 Å². The van der Waals surface area contributed by atoms with Crippen molar-refractivity contribution in [1.82, 2.24) is 14.1 Å². The van der Waals surface area contributed by atoms with Crippen LogP contribution in [0, 0.1) is 5.92 Å². The number of hydrogen-bond donors (Lipinski definition) is 0. The lowest BCUT2D eigenvalue weighted by molar-refractivity contribution is 0.512. The first-order valence-electron chi connectivity index (χ1n) is 9.16. The van der Waals surface area contributed by atoms with Crippen molar-refractivity contribution in [3.63, 3.8) is 0 Å². The zero-order valence-electron chi connectivity index (χ0n) is 15.9. The Bertz CT molecular complexity index is 1320. The van der Waals surface area contributed by atoms with E-state index in [0.717, 1.165) is 11.1 Å². The van der Waals surface area contributed by atoms with Gasteiger partial charge in [0.15, 0.2) is 5.65 Å². The molecule has 0 atom stereocenters. The maximum absolute atomic E-state index is 13.4. The Morgan fingerprint density at radius 2 is 1.71 bits per heavy atom. The molecule has 0 fully saturated rings. The molecule has 2 aromatic heterocycles. The molecular formula is C22H20ClN3O2. The monoisotopic (exact) mass is 393 g/mol. The summed E-state index contributed by atoms with van der Waals surface area (Å²) in [5.74, 6) is 0.750. The Morgan fingerprint density at radius 3 is 2.39 bits per heavy atom. The number of nitrogens with zero attached hydrogens (tertiary/aromatic N) is 3. The second-order valence-corrected chi connectivity index (χ2v) is 7.79. The van der Waals surface area contributed by atoms with Crippen LogP contribution in [0.5, 0.6) is 0 Å². The second kappa shape index (κ2) is 6.91. The van der Waals surface area contributed by atoms with Crippen LogP contribution >= 0.6 is 11.6 Å². The lowest BCUT2D eigenvalue weighted by Gasteiger charge is -2.17. The van der Waals surface area contributed by atoms with Crippen molar-refractivity contribution in [1.29, 1.82) is 0 Å². The van der Waals surface area contributed by atoms with Crippen molar-refractivity contribution in [3.05, 3.63) is 74.1 Å². The molecule has 2 heterocycles. The van der Waals surface area contributed by atoms with Gasteiger partial charge in [0.1, 0.15) is 11.2 Å². The maximum atomic E-state index is 13.4. The SMILES string of the molecule is CC(C)Cn1c(-c2ccc(Cl)cc2)nc2c(c(=O)c3ccccc3n2C)c1=O. The first-order valence-corrected chi connectivity index (χ1v) is 9.54. The predicted octanol–water partition coefficient (Wildman–Crippen LogP) is 4.22. The number of halogens is 1. The molecule has 0 saturated carbocycles. The summed E-state index contributed by atoms with van der Waals surface area (Å²) in [5.41, 5.74) is 1.33. The zero-order chi connectivity index (χ0) is 20.0. The summed E-state index contributed by atoms with van der Waals surface area (Å²) in [6.45, 7) is 4.53. The molecule has 0 bridgehead atoms. The summed E-state index contributed by atoms with van der Waals surface area (Å²) in [4.78, 5) is 31.3. The molecular weight excluding hydrogens is 374 g/mol. The van der Waals surface area contributed by atoms with E-state index >= 15 is 0 Å². The molecule has 2 aromatic carbocycles. The van der Waals surface area contributed by atoms with E-state index < -0.39 is 0 Å². The fourth-order valence-corrected chi connectivity index (χ4v) is 3.67. The van der Waals surface area contributed by atoms with Crippen LogP contribution in [0.15, 0.2) is 58.1 Å². The minimum Gasteiger partial charge on any atom is -0.328 e. The van der Waals surface area contributed by atoms with Crippen molar-refractivity contribution in [2.45, 2.75) is 20.4 Å². The Morgan fingerprint density at radius 1 is 1.04 bits per heavy atom. The topological polar surface area (TPSA) is 56.9 Å². The number of pyridine rings is 1. The number of aromatic nitrogens is 3. The first-order chi connectivity index (χ1) is 13.4. The van der Waals surface area contributed by atoms with Crippen LogP contribution in [0.2, 0.25) is 5.02 Å². The van der Waals surface area contributed by atoms with Gasteiger partial charge < -0.3 is 4.57 Å². The third-order valence-corrected chi connectivity index (χ3v) is 5.11. The first kappa shape index (κ1) is 18.4. The fourth-order valence-electron chi connectivity index (χ4n) is 3.55. The van der Waals surface area contributed by atoms with Gasteiger partial charge in [-0.15, -0.1) is 0 Å². The van der Waals surface area contributed by atoms with Crippen LogP contribution < -0.4 is 11.0 Å². The van der Waals surface area contributed by atoms with E-state index in [1.807, 2.05) is 49.7 Å². The molecule has 0 aliphatic heterocycles. The number of fused-ring (bicyclic) bond motifs is 2. The molecule has 142 valence electrons. The van der Waals surface area contributed by atoms with E-state index in [1.54, 1.807) is 28.8 Å². The van der Waals surface area contributed by atoms with Crippen molar-refractivity contribution in [2.75, 3.05) is 0 Å². The highest BCUT2D eigenvalue weighted by Crippen LogP contribution is 2.22. The Hall–Kier alpha value is -2.92. The van der Waals surface area contributed by atoms with Crippen molar-refractivity contribution >= 4 is 33.5 Å². The molecule has 0 radical (unpaired) electrons. The maximum Gasteiger partial charge on any atom is 0.267 e. The molecule has 0 aliphatic rings. The molecule has 0 N–H and O–H groups in total. The van der Waals surface area contributed by atoms with Gasteiger partial charge in [0.25, 0.3) is 5.56 Å². The zero-order valence-corrected chi connectivity index (χ0v) is 16.7. The number of benzene rings is 2. The average Bonchev–Trinajstić information content (AvgIpc) is 2.68. The molecule has 0 aliphatic carbocycles. The molecule has 0 spiro atoms. The van der Waals surface area contributed by atoms with E-state index in [9.17, 15) is 9.59 Å². The van der Waals surface area contributed by atoms with Gasteiger partial charge in [-0.1, -0.05) is 37.6 Å². The van der Waals surface area contributed by atoms with Crippen LogP contribution in [0.1, 0.15) is 13.8 Å². The van der Waals surface area contributed by atoms with Gasteiger partial charge >= 0.3 is 0 Å². The van der Waals surface area contributed by atoms with Gasteiger partial charge in [0.2, 0.25) is 5.43 Å². The van der Waals surface area contributed by atoms with Gasteiger partial charge in [0, 0.05) is 29.6 Å². The van der Waals surface area contributed by atoms with Crippen LogP contribution in [0.25, 0.3) is 33.3 Å². The molecule has 0 unspecified atom stereocenters. The van der Waals surface area contributed by atoms with Crippen molar-refractivity contribution in [2.24, 2.45) is 13.0 Å². The third kappa shape index (κ3) is 2.92. The summed E-state index contributed by atoms with van der Waals surface area (Å²) < 4.78 is 3.42. The number of hydrogen-bond acceptors (Lipinski definition) is 3. The summed E-state index contributed by atoms with van der Waals surface area (Å²) in [7, 11) is 1.83. The van der Waals surface area contributed by atoms with Gasteiger partial charge in [-0.3, -0.25) is 14.2 Å². The Balaban J connectivity index is 2.19. The summed E-state index contributed by atoms with van der Waals surface area (Å²) in [5, 5.41) is 1.26. The van der Waals surface area contributed by atoms with Gasteiger partial charge in [-0.25, -0.2) is 4.98 Å². The minimum atomic E-state index is -0.310. The van der Waals surface area contributed by atoms with E-state index in [4.69, 9.17) is 16.6 Å². The normalized spacial score (nSPS) is 11.6. The van der Waals surface area contributed by atoms with Gasteiger partial charge in [0.05, 0.1) is 5.52 Å². The lowest BCUT2D eigenvalue weighted by atomic mass is 10.1. The second-order valence-electron chi connectivity index (χ2n) is 7.36. The highest BCUT2D eigenvalue weighted by molar-refractivity contribution is 6.30. The number of aryl methyl sites for hydroxylation is 1. The minimum absolute atomic E-state index is 0.125. The standard InChI is InChI=1S/C22H20ClN3O2/c1-13(2)12-26-20(14-8-10-15(23)11-9-14)24-21-18(22(26)28)19(27)16-6-4-5-7-17(16)25(21)3/h4-11,13H,12H2,1-3H3. The number of rotatable bonds is 3. The van der Waals surface area contributed by atoms with E-state index in [1.165, 1.54) is 0 Å². The molecule has 0 amide bonds. The molecule has 5 nitrogen and oxygen atoms in total. The molecule has 28 heavy (non-hydrogen) atoms. The summed E-state index contributed by atoms with van der Waals surface area (Å²) in [6, 6.07) is 14.5. The van der Waals surface area contributed by atoms with E-state index in [-0.39, 0.29) is 22.3 Å². The molecule has 0 saturated heterocycles. The van der Waals surface area contributed by atoms with Crippen LogP contribution in [-0.4, -0.2) is 14.1 Å². The fraction of sp³-hybridized carbons (Fsp3) is 0.227. The number of para-hydroxylation sites is 1. The Kier molecular flexibility index (Phi) is 4.55. The quantitative estimate of drug-likeness (QED) is 0.489. The van der Waals surface area contributed by atoms with Crippen LogP contribution in [0.4, 0.5) is 0 Å². The van der Waals surface area contributed by atoms with Crippen molar-refractivity contribution < 1.29 is 0 Å². The predicted molar refractivity (Wildman–Crippen MR) is 114 cm³/mol. The summed E-state index contributed by atoms with van der Waals surface area (Å²) >= 11 is 6.03. The Labute approximate surface area is 166 Å². The smallest absolute Gasteiger partial charge is 0.267 e. The molecule has 4 rings (SSSR count). The third-order valence-electron chi connectivity index (χ3n) is 4.86. The van der Waals surface area contributed by atoms with E-state index in [0.29, 0.717) is 28.4 Å². The largest absolute Gasteiger partial charge is 0.328 e. The molecule has 4 aromatic rings. The van der Waals surface area contributed by atoms with Crippen molar-refractivity contribution in [3.8, 4) is 11.4 Å². The highest BCUT2D eigenvalue weighted by Gasteiger charge is 2.19. The highest BCUT2D eigenvalue weighted by atomic mass is 35.5. The van der Waals surface area contributed by atoms with Gasteiger partial charge in [-0.05, 0) is 42.3 Å². The van der Waals surface area contributed by atoms with Crippen LogP contribution in [-0.2, 0) is 13.6 Å². The lowest BCUT2D eigenvalue weighted by Crippen LogP contribution is -2.30. The van der Waals surface area contributed by atoms with Crippen LogP contribution in [0.3, 0.4) is 0 Å². The molecule has 6 heteroatoms. The average molecular weight is 394 g/mol. The summed E-state index contributed by atoms with van der Waals surface area (Å²) in [6.07, 6.45) is 0. The van der Waals surface area contributed by atoms with Gasteiger partial charge in [-0.2, -0.15) is 0 Å².